The molecule has 3 heteroatoms. The van der Waals surface area contributed by atoms with Gasteiger partial charge in [-0.15, -0.1) is 4.06 Å². The van der Waals surface area contributed by atoms with Gasteiger partial charge in [0.2, 0.25) is 0 Å². The van der Waals surface area contributed by atoms with Gasteiger partial charge in [0.05, 0.1) is 8.07 Å². The average molecular weight is 212 g/mol. The first-order valence-electron chi connectivity index (χ1n) is 5.18. The molecule has 0 fully saturated rings. The molecule has 1 nitrogen and oxygen atoms in total. The first-order chi connectivity index (χ1) is 5.82. The molecule has 74 valence electrons. The van der Waals surface area contributed by atoms with Crippen molar-refractivity contribution in [1.82, 2.24) is 0 Å². The Morgan fingerprint density at radius 2 is 1.92 bits per heavy atom. The third-order valence-electron chi connectivity index (χ3n) is 2.70. The van der Waals surface area contributed by atoms with E-state index >= 15 is 0 Å². The molecule has 0 aromatic carbocycles. The van der Waals surface area contributed by atoms with E-state index in [1.807, 2.05) is 0 Å². The van der Waals surface area contributed by atoms with Crippen molar-refractivity contribution in [2.75, 3.05) is 0 Å². The topological polar surface area (TPSA) is 9.23 Å². The smallest absolute Gasteiger partial charge is 0.490 e. The second-order valence-corrected chi connectivity index (χ2v) is 13.0. The van der Waals surface area contributed by atoms with Gasteiger partial charge in [0, 0.05) is 6.10 Å². The highest BCUT2D eigenvalue weighted by Crippen LogP contribution is 2.29. The van der Waals surface area contributed by atoms with E-state index in [0.29, 0.717) is 6.10 Å². The Morgan fingerprint density at radius 3 is 2.31 bits per heavy atom. The molecule has 0 aromatic rings. The van der Waals surface area contributed by atoms with Crippen molar-refractivity contribution in [2.24, 2.45) is 0 Å². The normalized spacial score (nSPS) is 25.4. The van der Waals surface area contributed by atoms with E-state index in [1.165, 1.54) is 0 Å². The predicted octanol–water partition coefficient (Wildman–Crippen LogP) is 3.15. The standard InChI is InChI=1S/C9H18OSi.CH3.Al/c1-8(6-9(2)10)7-11(3,4)5;;/h9H,6H2,1-5H3;1H3;/q-1;;+1. The molecule has 0 bridgehead atoms. The molecule has 1 unspecified atom stereocenters. The Bertz CT molecular complexity index is 230. The third-order valence-corrected chi connectivity index (χ3v) is 10.7. The van der Waals surface area contributed by atoms with Gasteiger partial charge in [-0.05, 0) is 20.3 Å². The van der Waals surface area contributed by atoms with Crippen molar-refractivity contribution < 1.29 is 3.79 Å². The summed E-state index contributed by atoms with van der Waals surface area (Å²) < 4.78 is 7.78. The molecule has 0 radical (unpaired) electrons. The summed E-state index contributed by atoms with van der Waals surface area (Å²) in [5.74, 6) is 2.34. The van der Waals surface area contributed by atoms with Crippen LogP contribution in [0.5, 0.6) is 0 Å². The predicted molar refractivity (Wildman–Crippen MR) is 62.8 cm³/mol. The quantitative estimate of drug-likeness (QED) is 0.607. The van der Waals surface area contributed by atoms with Gasteiger partial charge in [0.25, 0.3) is 0 Å². The Balaban J connectivity index is 2.98. The van der Waals surface area contributed by atoms with Gasteiger partial charge in [-0.2, -0.15) is 0 Å². The fourth-order valence-electron chi connectivity index (χ4n) is 2.60. The van der Waals surface area contributed by atoms with Crippen molar-refractivity contribution in [3.63, 3.8) is 0 Å². The van der Waals surface area contributed by atoms with E-state index in [2.05, 4.69) is 39.3 Å². The van der Waals surface area contributed by atoms with Crippen molar-refractivity contribution in [3.05, 3.63) is 9.63 Å². The van der Waals surface area contributed by atoms with Crippen LogP contribution in [-0.4, -0.2) is 28.7 Å². The molecule has 0 N–H and O–H groups in total. The Morgan fingerprint density at radius 1 is 1.38 bits per heavy atom. The van der Waals surface area contributed by atoms with Crippen LogP contribution in [0.3, 0.4) is 0 Å². The summed E-state index contributed by atoms with van der Waals surface area (Å²) in [6.45, 7) is 11.8. The van der Waals surface area contributed by atoms with Crippen molar-refractivity contribution in [1.29, 1.82) is 0 Å². The molecule has 1 aliphatic rings. The van der Waals surface area contributed by atoms with Crippen LogP contribution in [0, 0.1) is 0 Å². The van der Waals surface area contributed by atoms with Crippen LogP contribution >= 0.6 is 0 Å². The van der Waals surface area contributed by atoms with E-state index in [0.717, 1.165) is 6.42 Å². The van der Waals surface area contributed by atoms with E-state index in [1.54, 1.807) is 9.63 Å². The van der Waals surface area contributed by atoms with Crippen LogP contribution < -0.4 is 0 Å². The minimum Gasteiger partial charge on any atom is -0.495 e. The molecule has 0 saturated carbocycles. The van der Waals surface area contributed by atoms with Gasteiger partial charge in [-0.1, -0.05) is 31.0 Å². The molecule has 0 amide bonds. The molecular weight excluding hydrogens is 191 g/mol. The molecule has 0 spiro atoms. The van der Waals surface area contributed by atoms with Gasteiger partial charge < -0.3 is 3.79 Å². The lowest BCUT2D eigenvalue weighted by molar-refractivity contribution is 0.220. The second-order valence-electron chi connectivity index (χ2n) is 5.24. The van der Waals surface area contributed by atoms with Crippen LogP contribution in [0.4, 0.5) is 0 Å². The number of hydrogen-bond donors (Lipinski definition) is 0. The van der Waals surface area contributed by atoms with Gasteiger partial charge in [-0.25, -0.2) is 0 Å². The zero-order valence-corrected chi connectivity index (χ0v) is 11.9. The maximum absolute atomic E-state index is 6.01. The average Bonchev–Trinajstić information content (AvgIpc) is 1.78. The molecule has 0 aliphatic carbocycles. The molecule has 0 saturated heterocycles. The lowest BCUT2D eigenvalue weighted by Gasteiger charge is -2.34. The van der Waals surface area contributed by atoms with Crippen LogP contribution in [-0.2, 0) is 3.79 Å². The van der Waals surface area contributed by atoms with Crippen molar-refractivity contribution >= 4 is 22.6 Å². The number of hydrogen-bond acceptors (Lipinski definition) is 1. The van der Waals surface area contributed by atoms with Gasteiger partial charge >= 0.3 is 14.5 Å². The first-order valence-corrected chi connectivity index (χ1v) is 10.9. The summed E-state index contributed by atoms with van der Waals surface area (Å²) in [6, 6.07) is 0. The lowest BCUT2D eigenvalue weighted by Crippen LogP contribution is -2.41. The first kappa shape index (κ1) is 11.5. The summed E-state index contributed by atoms with van der Waals surface area (Å²) in [5.41, 5.74) is 1.65. The van der Waals surface area contributed by atoms with Gasteiger partial charge in [-0.3, -0.25) is 0 Å². The third kappa shape index (κ3) is 2.70. The Kier molecular flexibility index (Phi) is 3.46. The van der Waals surface area contributed by atoms with Crippen LogP contribution in [0.25, 0.3) is 0 Å². The van der Waals surface area contributed by atoms with Gasteiger partial charge in [0.1, 0.15) is 0 Å². The van der Waals surface area contributed by atoms with E-state index in [9.17, 15) is 0 Å². The molecule has 1 heterocycles. The molecule has 1 rings (SSSR count). The van der Waals surface area contributed by atoms with Crippen molar-refractivity contribution in [3.8, 4) is 0 Å². The summed E-state index contributed by atoms with van der Waals surface area (Å²) in [7, 11) is -1.10. The number of rotatable bonds is 1. The van der Waals surface area contributed by atoms with Crippen LogP contribution in [0.1, 0.15) is 20.3 Å². The van der Waals surface area contributed by atoms with E-state index < -0.39 is 22.6 Å². The minimum atomic E-state index is -1.10. The highest BCUT2D eigenvalue weighted by Gasteiger charge is 2.36. The van der Waals surface area contributed by atoms with Crippen LogP contribution in [0.15, 0.2) is 9.63 Å². The minimum absolute atomic E-state index is 0.474. The summed E-state index contributed by atoms with van der Waals surface area (Å²) in [6.07, 6.45) is 1.64. The summed E-state index contributed by atoms with van der Waals surface area (Å²) in [5, 5.41) is 0. The largest absolute Gasteiger partial charge is 0.495 e. The lowest BCUT2D eigenvalue weighted by atomic mass is 10.2. The monoisotopic (exact) mass is 212 g/mol. The fourth-order valence-corrected chi connectivity index (χ4v) is 10.8. The summed E-state index contributed by atoms with van der Waals surface area (Å²) in [4.78, 5) is 0. The van der Waals surface area contributed by atoms with E-state index in [4.69, 9.17) is 3.79 Å². The molecule has 1 atom stereocenters. The maximum atomic E-state index is 6.01. The zero-order valence-electron chi connectivity index (χ0n) is 9.77. The second kappa shape index (κ2) is 3.90. The zero-order chi connectivity index (χ0) is 10.2. The fraction of sp³-hybridized carbons (Fsp3) is 0.800. The van der Waals surface area contributed by atoms with Gasteiger partial charge in [0.15, 0.2) is 0 Å². The van der Waals surface area contributed by atoms with Crippen molar-refractivity contribution in [2.45, 2.75) is 51.8 Å². The van der Waals surface area contributed by atoms with Crippen LogP contribution in [0.2, 0.25) is 25.4 Å². The highest BCUT2D eigenvalue weighted by atomic mass is 28.3. The highest BCUT2D eigenvalue weighted by molar-refractivity contribution is 6.96. The molecule has 1 aliphatic heterocycles. The molecular formula is C10H21AlOSi. The SMILES string of the molecule is CC1=[C]([Si](C)(C)C)[Al]([CH3])[O]C(C)C1. The molecule has 13 heavy (non-hydrogen) atoms. The maximum Gasteiger partial charge on any atom is 0.490 e. The Labute approximate surface area is 87.9 Å². The summed E-state index contributed by atoms with van der Waals surface area (Å²) >= 11 is -1.01. The Hall–Kier alpha value is 0.449. The molecule has 0 aromatic heterocycles. The van der Waals surface area contributed by atoms with E-state index in [-0.39, 0.29) is 0 Å².